The molecule has 0 fully saturated rings. The molecule has 2 rings (SSSR count). The van der Waals surface area contributed by atoms with Crippen LogP contribution in [0.2, 0.25) is 10.0 Å². The van der Waals surface area contributed by atoms with Crippen molar-refractivity contribution in [1.82, 2.24) is 5.32 Å². The quantitative estimate of drug-likeness (QED) is 0.751. The minimum absolute atomic E-state index is 0.119. The highest BCUT2D eigenvalue weighted by molar-refractivity contribution is 6.36. The minimum atomic E-state index is -1.28. The van der Waals surface area contributed by atoms with Crippen molar-refractivity contribution in [2.45, 2.75) is 19.1 Å². The molecule has 0 radical (unpaired) electrons. The molecule has 1 amide bonds. The lowest BCUT2D eigenvalue weighted by Crippen LogP contribution is -2.46. The van der Waals surface area contributed by atoms with Crippen molar-refractivity contribution in [3.05, 3.63) is 69.7 Å². The van der Waals surface area contributed by atoms with E-state index < -0.39 is 24.0 Å². The highest BCUT2D eigenvalue weighted by atomic mass is 35.5. The number of esters is 1. The van der Waals surface area contributed by atoms with Gasteiger partial charge in [-0.1, -0.05) is 53.5 Å². The summed E-state index contributed by atoms with van der Waals surface area (Å²) >= 11 is 11.8. The summed E-state index contributed by atoms with van der Waals surface area (Å²) in [5.74, 6) is -1.35. The molecule has 0 aromatic heterocycles. The Morgan fingerprint density at radius 2 is 1.84 bits per heavy atom. The largest absolute Gasteiger partial charge is 0.464 e. The number of aliphatic hydroxyl groups is 1. The number of amides is 1. The summed E-state index contributed by atoms with van der Waals surface area (Å²) in [5, 5.41) is 13.5. The Kier molecular flexibility index (Phi) is 6.82. The van der Waals surface area contributed by atoms with E-state index in [2.05, 4.69) is 5.32 Å². The van der Waals surface area contributed by atoms with Gasteiger partial charge < -0.3 is 15.2 Å². The first-order chi connectivity index (χ1) is 11.9. The summed E-state index contributed by atoms with van der Waals surface area (Å²) in [6.45, 7) is 1.76. The molecule has 7 heteroatoms. The van der Waals surface area contributed by atoms with E-state index in [-0.39, 0.29) is 17.2 Å². The van der Waals surface area contributed by atoms with Crippen LogP contribution in [0.3, 0.4) is 0 Å². The zero-order valence-corrected chi connectivity index (χ0v) is 14.9. The average Bonchev–Trinajstić information content (AvgIpc) is 2.59. The molecule has 0 aliphatic rings. The summed E-state index contributed by atoms with van der Waals surface area (Å²) in [5.41, 5.74) is 0.615. The van der Waals surface area contributed by atoms with E-state index in [0.717, 1.165) is 0 Å². The van der Waals surface area contributed by atoms with Crippen LogP contribution >= 0.6 is 23.2 Å². The Morgan fingerprint density at radius 3 is 2.44 bits per heavy atom. The first-order valence-electron chi connectivity index (χ1n) is 7.59. The number of carbonyl (C=O) groups excluding carboxylic acids is 2. The van der Waals surface area contributed by atoms with Gasteiger partial charge in [-0.2, -0.15) is 0 Å². The SMILES string of the molecule is CCOC(=O)C(NC(=O)c1ccc(Cl)cc1Cl)C(O)c1ccccc1. The Labute approximate surface area is 155 Å². The van der Waals surface area contributed by atoms with Gasteiger partial charge in [0.25, 0.3) is 5.91 Å². The fourth-order valence-corrected chi connectivity index (χ4v) is 2.73. The van der Waals surface area contributed by atoms with Gasteiger partial charge >= 0.3 is 5.97 Å². The molecule has 0 aliphatic heterocycles. The van der Waals surface area contributed by atoms with E-state index in [1.807, 2.05) is 0 Å². The van der Waals surface area contributed by atoms with Gasteiger partial charge in [-0.15, -0.1) is 0 Å². The summed E-state index contributed by atoms with van der Waals surface area (Å²) in [7, 11) is 0. The van der Waals surface area contributed by atoms with E-state index >= 15 is 0 Å². The normalized spacial score (nSPS) is 13.0. The summed E-state index contributed by atoms with van der Waals surface area (Å²) in [4.78, 5) is 24.7. The molecule has 132 valence electrons. The second-order valence-electron chi connectivity index (χ2n) is 5.18. The summed E-state index contributed by atoms with van der Waals surface area (Å²) in [6, 6.07) is 11.6. The van der Waals surface area contributed by atoms with Crippen LogP contribution in [-0.2, 0) is 9.53 Å². The van der Waals surface area contributed by atoms with Gasteiger partial charge in [0.05, 0.1) is 17.2 Å². The minimum Gasteiger partial charge on any atom is -0.464 e. The predicted octanol–water partition coefficient (Wildman–Crippen LogP) is 3.39. The van der Waals surface area contributed by atoms with E-state index in [9.17, 15) is 14.7 Å². The Hall–Kier alpha value is -2.08. The maximum Gasteiger partial charge on any atom is 0.331 e. The van der Waals surface area contributed by atoms with Gasteiger partial charge in [0.2, 0.25) is 0 Å². The van der Waals surface area contributed by atoms with Gasteiger partial charge in [-0.05, 0) is 30.7 Å². The number of hydrogen-bond donors (Lipinski definition) is 2. The second-order valence-corrected chi connectivity index (χ2v) is 6.03. The van der Waals surface area contributed by atoms with E-state index in [1.54, 1.807) is 37.3 Å². The summed E-state index contributed by atoms with van der Waals surface area (Å²) in [6.07, 6.45) is -1.27. The van der Waals surface area contributed by atoms with Crippen molar-refractivity contribution >= 4 is 35.1 Å². The predicted molar refractivity (Wildman–Crippen MR) is 95.8 cm³/mol. The maximum absolute atomic E-state index is 12.5. The fourth-order valence-electron chi connectivity index (χ4n) is 2.23. The number of carbonyl (C=O) groups is 2. The smallest absolute Gasteiger partial charge is 0.331 e. The number of ether oxygens (including phenoxy) is 1. The molecule has 2 aromatic carbocycles. The zero-order chi connectivity index (χ0) is 18.4. The lowest BCUT2D eigenvalue weighted by molar-refractivity contribution is -0.148. The standard InChI is InChI=1S/C18H17Cl2NO4/c1-2-25-18(24)15(16(22)11-6-4-3-5-7-11)21-17(23)13-9-8-12(19)10-14(13)20/h3-10,15-16,22H,2H2,1H3,(H,21,23). The highest BCUT2D eigenvalue weighted by Gasteiger charge is 2.31. The molecule has 0 aliphatic carbocycles. The van der Waals surface area contributed by atoms with E-state index in [4.69, 9.17) is 27.9 Å². The Bertz CT molecular complexity index is 752. The molecular formula is C18H17Cl2NO4. The van der Waals surface area contributed by atoms with Crippen LogP contribution in [0, 0.1) is 0 Å². The van der Waals surface area contributed by atoms with Gasteiger partial charge in [0.15, 0.2) is 6.04 Å². The van der Waals surface area contributed by atoms with Gasteiger partial charge in [0.1, 0.15) is 6.10 Å². The topological polar surface area (TPSA) is 75.6 Å². The molecule has 2 N–H and O–H groups in total. The third-order valence-electron chi connectivity index (χ3n) is 3.46. The number of hydrogen-bond acceptors (Lipinski definition) is 4. The van der Waals surface area contributed by atoms with Gasteiger partial charge in [-0.3, -0.25) is 4.79 Å². The lowest BCUT2D eigenvalue weighted by Gasteiger charge is -2.23. The number of rotatable bonds is 6. The monoisotopic (exact) mass is 381 g/mol. The second kappa shape index (κ2) is 8.85. The number of aliphatic hydroxyl groups excluding tert-OH is 1. The lowest BCUT2D eigenvalue weighted by atomic mass is 10.0. The van der Waals surface area contributed by atoms with Crippen LogP contribution in [-0.4, -0.2) is 29.6 Å². The number of nitrogens with one attached hydrogen (secondary N) is 1. The third-order valence-corrected chi connectivity index (χ3v) is 4.01. The fraction of sp³-hybridized carbons (Fsp3) is 0.222. The Morgan fingerprint density at radius 1 is 1.16 bits per heavy atom. The third kappa shape index (κ3) is 4.95. The summed E-state index contributed by atoms with van der Waals surface area (Å²) < 4.78 is 4.97. The van der Waals surface area contributed by atoms with Gasteiger partial charge in [0, 0.05) is 5.02 Å². The average molecular weight is 382 g/mol. The first-order valence-corrected chi connectivity index (χ1v) is 8.35. The number of halogens is 2. The molecule has 0 heterocycles. The molecule has 0 bridgehead atoms. The van der Waals surface area contributed by atoms with Crippen LogP contribution in [0.4, 0.5) is 0 Å². The molecular weight excluding hydrogens is 365 g/mol. The van der Waals surface area contributed by atoms with Crippen molar-refractivity contribution < 1.29 is 19.4 Å². The molecule has 2 atom stereocenters. The van der Waals surface area contributed by atoms with Crippen LogP contribution in [0.25, 0.3) is 0 Å². The zero-order valence-electron chi connectivity index (χ0n) is 13.4. The van der Waals surface area contributed by atoms with Crippen LogP contribution in [0.5, 0.6) is 0 Å². The molecule has 0 spiro atoms. The highest BCUT2D eigenvalue weighted by Crippen LogP contribution is 2.22. The van der Waals surface area contributed by atoms with E-state index in [0.29, 0.717) is 10.6 Å². The molecule has 2 unspecified atom stereocenters. The van der Waals surface area contributed by atoms with Crippen molar-refractivity contribution in [1.29, 1.82) is 0 Å². The maximum atomic E-state index is 12.5. The molecule has 0 saturated carbocycles. The van der Waals surface area contributed by atoms with Crippen LogP contribution in [0.1, 0.15) is 28.9 Å². The van der Waals surface area contributed by atoms with Gasteiger partial charge in [-0.25, -0.2) is 4.79 Å². The van der Waals surface area contributed by atoms with Crippen LogP contribution in [0.15, 0.2) is 48.5 Å². The Balaban J connectivity index is 2.26. The van der Waals surface area contributed by atoms with Crippen molar-refractivity contribution in [3.63, 3.8) is 0 Å². The molecule has 0 saturated heterocycles. The molecule has 2 aromatic rings. The van der Waals surface area contributed by atoms with Crippen molar-refractivity contribution in [2.75, 3.05) is 6.61 Å². The molecule has 5 nitrogen and oxygen atoms in total. The van der Waals surface area contributed by atoms with E-state index in [1.165, 1.54) is 18.2 Å². The first kappa shape index (κ1) is 19.2. The molecule has 25 heavy (non-hydrogen) atoms. The van der Waals surface area contributed by atoms with Crippen molar-refractivity contribution in [2.24, 2.45) is 0 Å². The van der Waals surface area contributed by atoms with Crippen molar-refractivity contribution in [3.8, 4) is 0 Å². The van der Waals surface area contributed by atoms with Crippen LogP contribution < -0.4 is 5.32 Å². The number of benzene rings is 2.